The molecular formula is C8H12. The molecule has 0 N–H and O–H groups in total. The van der Waals surface area contributed by atoms with Crippen LogP contribution in [-0.4, -0.2) is 0 Å². The molecule has 1 fully saturated rings. The van der Waals surface area contributed by atoms with Crippen molar-refractivity contribution >= 4 is 0 Å². The molecule has 2 rings (SSSR count). The van der Waals surface area contributed by atoms with Crippen LogP contribution in [0.3, 0.4) is 0 Å². The van der Waals surface area contributed by atoms with Gasteiger partial charge in [-0.3, -0.25) is 0 Å². The van der Waals surface area contributed by atoms with Crippen LogP contribution < -0.4 is 0 Å². The zero-order chi connectivity index (χ0) is 5.61. The Bertz CT molecular complexity index is 135. The number of rotatable bonds is 0. The molecule has 0 aliphatic heterocycles. The van der Waals surface area contributed by atoms with Crippen molar-refractivity contribution < 1.29 is 0 Å². The number of hydrogen-bond acceptors (Lipinski definition) is 0. The van der Waals surface area contributed by atoms with Gasteiger partial charge in [0.25, 0.3) is 0 Å². The quantitative estimate of drug-likeness (QED) is 0.418. The average Bonchev–Trinajstić information content (AvgIpc) is 1.94. The molecule has 0 heterocycles. The minimum atomic E-state index is 0.653. The summed E-state index contributed by atoms with van der Waals surface area (Å²) in [5.74, 6) is 1.03. The molecule has 44 valence electrons. The maximum Gasteiger partial charge on any atom is -0.0115 e. The van der Waals surface area contributed by atoms with E-state index in [4.69, 9.17) is 0 Å². The Hall–Kier alpha value is -0.260. The minimum absolute atomic E-state index is 0.653. The van der Waals surface area contributed by atoms with E-state index in [1.54, 1.807) is 0 Å². The van der Waals surface area contributed by atoms with Crippen LogP contribution in [0, 0.1) is 11.3 Å². The molecule has 0 aromatic carbocycles. The third-order valence-corrected chi connectivity index (χ3v) is 2.88. The predicted octanol–water partition coefficient (Wildman–Crippen LogP) is 2.36. The SMILES string of the molecule is CC12C=CCC1CC2. The molecule has 8 heavy (non-hydrogen) atoms. The van der Waals surface area contributed by atoms with Gasteiger partial charge < -0.3 is 0 Å². The molecule has 0 saturated heterocycles. The Balaban J connectivity index is 2.24. The maximum atomic E-state index is 2.40. The van der Waals surface area contributed by atoms with Crippen molar-refractivity contribution in [3.63, 3.8) is 0 Å². The first-order valence-corrected chi connectivity index (χ1v) is 3.49. The van der Waals surface area contributed by atoms with E-state index in [-0.39, 0.29) is 0 Å². The molecule has 0 aromatic rings. The summed E-state index contributed by atoms with van der Waals surface area (Å²) in [5.41, 5.74) is 0.653. The van der Waals surface area contributed by atoms with Crippen LogP contribution in [0.5, 0.6) is 0 Å². The van der Waals surface area contributed by atoms with Gasteiger partial charge in [-0.2, -0.15) is 0 Å². The van der Waals surface area contributed by atoms with E-state index in [2.05, 4.69) is 19.1 Å². The van der Waals surface area contributed by atoms with Crippen LogP contribution in [0.1, 0.15) is 26.2 Å². The van der Waals surface area contributed by atoms with E-state index in [0.717, 1.165) is 5.92 Å². The van der Waals surface area contributed by atoms with Crippen LogP contribution in [0.15, 0.2) is 12.2 Å². The molecule has 0 nitrogen and oxygen atoms in total. The lowest BCUT2D eigenvalue weighted by molar-refractivity contribution is 0.126. The van der Waals surface area contributed by atoms with E-state index >= 15 is 0 Å². The van der Waals surface area contributed by atoms with Gasteiger partial charge in [-0.1, -0.05) is 19.1 Å². The average molecular weight is 108 g/mol. The summed E-state index contributed by atoms with van der Waals surface area (Å²) >= 11 is 0. The Morgan fingerprint density at radius 3 is 2.75 bits per heavy atom. The van der Waals surface area contributed by atoms with Gasteiger partial charge in [-0.05, 0) is 30.6 Å². The molecule has 2 aliphatic rings. The fourth-order valence-corrected chi connectivity index (χ4v) is 1.91. The van der Waals surface area contributed by atoms with Crippen LogP contribution >= 0.6 is 0 Å². The summed E-state index contributed by atoms with van der Waals surface area (Å²) in [4.78, 5) is 0. The molecule has 2 atom stereocenters. The van der Waals surface area contributed by atoms with Crippen LogP contribution in [0.2, 0.25) is 0 Å². The second kappa shape index (κ2) is 1.18. The summed E-state index contributed by atoms with van der Waals surface area (Å²) in [5, 5.41) is 0. The van der Waals surface area contributed by atoms with Gasteiger partial charge in [0.05, 0.1) is 0 Å². The van der Waals surface area contributed by atoms with E-state index in [1.807, 2.05) is 0 Å². The Labute approximate surface area is 50.6 Å². The first kappa shape index (κ1) is 4.60. The highest BCUT2D eigenvalue weighted by Gasteiger charge is 2.42. The third kappa shape index (κ3) is 0.367. The van der Waals surface area contributed by atoms with Crippen LogP contribution in [0.4, 0.5) is 0 Å². The summed E-state index contributed by atoms with van der Waals surface area (Å²) in [6.45, 7) is 2.38. The maximum absolute atomic E-state index is 2.40. The Morgan fingerprint density at radius 2 is 2.50 bits per heavy atom. The second-order valence-electron chi connectivity index (χ2n) is 3.38. The molecule has 0 amide bonds. The summed E-state index contributed by atoms with van der Waals surface area (Å²) < 4.78 is 0. The summed E-state index contributed by atoms with van der Waals surface area (Å²) in [6.07, 6.45) is 9.02. The van der Waals surface area contributed by atoms with Gasteiger partial charge >= 0.3 is 0 Å². The fourth-order valence-electron chi connectivity index (χ4n) is 1.91. The van der Waals surface area contributed by atoms with Crippen molar-refractivity contribution in [1.29, 1.82) is 0 Å². The summed E-state index contributed by atoms with van der Waals surface area (Å²) in [6, 6.07) is 0. The fraction of sp³-hybridized carbons (Fsp3) is 0.750. The standard InChI is InChI=1S/C8H12/c1-8-5-2-3-7(8)4-6-8/h2,5,7H,3-4,6H2,1H3. The van der Waals surface area contributed by atoms with Gasteiger partial charge in [-0.25, -0.2) is 0 Å². The van der Waals surface area contributed by atoms with Crippen molar-refractivity contribution in [2.75, 3.05) is 0 Å². The topological polar surface area (TPSA) is 0 Å². The Morgan fingerprint density at radius 1 is 1.62 bits per heavy atom. The molecule has 0 aromatic heterocycles. The highest BCUT2D eigenvalue weighted by molar-refractivity contribution is 5.14. The molecule has 1 saturated carbocycles. The second-order valence-corrected chi connectivity index (χ2v) is 3.38. The monoisotopic (exact) mass is 108 g/mol. The molecular weight excluding hydrogens is 96.1 g/mol. The largest absolute Gasteiger partial charge is 0.0877 e. The number of hydrogen-bond donors (Lipinski definition) is 0. The number of allylic oxidation sites excluding steroid dienone is 2. The zero-order valence-electron chi connectivity index (χ0n) is 5.35. The first-order valence-electron chi connectivity index (χ1n) is 3.49. The van der Waals surface area contributed by atoms with Crippen molar-refractivity contribution in [2.24, 2.45) is 11.3 Å². The lowest BCUT2D eigenvalue weighted by Crippen LogP contribution is -2.31. The van der Waals surface area contributed by atoms with Crippen LogP contribution in [0.25, 0.3) is 0 Å². The van der Waals surface area contributed by atoms with Crippen molar-refractivity contribution in [3.8, 4) is 0 Å². The van der Waals surface area contributed by atoms with E-state index in [0.29, 0.717) is 5.41 Å². The molecule has 2 unspecified atom stereocenters. The lowest BCUT2D eigenvalue weighted by atomic mass is 9.64. The molecule has 0 radical (unpaired) electrons. The lowest BCUT2D eigenvalue weighted by Gasteiger charge is -2.41. The van der Waals surface area contributed by atoms with Gasteiger partial charge in [-0.15, -0.1) is 0 Å². The third-order valence-electron chi connectivity index (χ3n) is 2.88. The number of fused-ring (bicyclic) bond motifs is 1. The predicted molar refractivity (Wildman–Crippen MR) is 34.6 cm³/mol. The molecule has 0 spiro atoms. The summed E-state index contributed by atoms with van der Waals surface area (Å²) in [7, 11) is 0. The van der Waals surface area contributed by atoms with Crippen molar-refractivity contribution in [1.82, 2.24) is 0 Å². The van der Waals surface area contributed by atoms with Crippen LogP contribution in [-0.2, 0) is 0 Å². The van der Waals surface area contributed by atoms with Gasteiger partial charge in [0.15, 0.2) is 0 Å². The molecule has 2 aliphatic carbocycles. The molecule has 0 bridgehead atoms. The zero-order valence-corrected chi connectivity index (χ0v) is 5.35. The first-order chi connectivity index (χ1) is 3.81. The highest BCUT2D eigenvalue weighted by atomic mass is 14.5. The smallest absolute Gasteiger partial charge is 0.0115 e. The van der Waals surface area contributed by atoms with E-state index in [9.17, 15) is 0 Å². The Kier molecular flexibility index (Phi) is 0.677. The highest BCUT2D eigenvalue weighted by Crippen LogP contribution is 2.52. The normalized spacial score (nSPS) is 50.9. The van der Waals surface area contributed by atoms with E-state index in [1.165, 1.54) is 19.3 Å². The van der Waals surface area contributed by atoms with Crippen molar-refractivity contribution in [3.05, 3.63) is 12.2 Å². The van der Waals surface area contributed by atoms with E-state index < -0.39 is 0 Å². The van der Waals surface area contributed by atoms with Gasteiger partial charge in [0.1, 0.15) is 0 Å². The van der Waals surface area contributed by atoms with Gasteiger partial charge in [0.2, 0.25) is 0 Å². The van der Waals surface area contributed by atoms with Gasteiger partial charge in [0, 0.05) is 0 Å². The molecule has 0 heteroatoms. The minimum Gasteiger partial charge on any atom is -0.0877 e. The van der Waals surface area contributed by atoms with Crippen molar-refractivity contribution in [2.45, 2.75) is 26.2 Å².